The maximum atomic E-state index is 14.1. The average molecular weight is 543 g/mol. The van der Waals surface area contributed by atoms with Gasteiger partial charge in [-0.05, 0) is 30.0 Å². The highest BCUT2D eigenvalue weighted by Gasteiger charge is 2.25. The fourth-order valence-electron chi connectivity index (χ4n) is 5.24. The highest BCUT2D eigenvalue weighted by molar-refractivity contribution is 5.80. The fraction of sp³-hybridized carbons (Fsp3) is 0.367. The first kappa shape index (κ1) is 27.3. The first-order chi connectivity index (χ1) is 19.2. The van der Waals surface area contributed by atoms with E-state index >= 15 is 0 Å². The molecule has 2 aromatic carbocycles. The number of hydrogen-bond donors (Lipinski definition) is 1. The summed E-state index contributed by atoms with van der Waals surface area (Å²) in [6.07, 6.45) is 2.05. The molecule has 10 heteroatoms. The molecular formula is C30H34N6O4. The van der Waals surface area contributed by atoms with Crippen molar-refractivity contribution in [1.29, 1.82) is 0 Å². The van der Waals surface area contributed by atoms with E-state index in [-0.39, 0.29) is 11.0 Å². The summed E-state index contributed by atoms with van der Waals surface area (Å²) in [6, 6.07) is 15.8. The van der Waals surface area contributed by atoms with Crippen LogP contribution in [0.3, 0.4) is 0 Å². The number of benzene rings is 2. The Kier molecular flexibility index (Phi) is 7.53. The molecule has 10 nitrogen and oxygen atoms in total. The molecular weight excluding hydrogens is 508 g/mol. The Morgan fingerprint density at radius 1 is 1.05 bits per heavy atom. The van der Waals surface area contributed by atoms with E-state index in [1.54, 1.807) is 11.7 Å². The number of methoxy groups -OCH3 is 1. The summed E-state index contributed by atoms with van der Waals surface area (Å²) in [6.45, 7) is 9.07. The second-order valence-electron chi connectivity index (χ2n) is 10.9. The lowest BCUT2D eigenvalue weighted by Gasteiger charge is -2.25. The summed E-state index contributed by atoms with van der Waals surface area (Å²) < 4.78 is 13.7. The standard InChI is InChI=1S/C30H34N6O4/c1-6-9-25-24(27(37)35(17-30(3,4)18-39-5)28-31-19(2)33-36(25)28)16-20-12-14-21(15-13-20)22-10-7-8-11-23(22)26-32-29(38)40-34-26/h7-8,10-15H,6,9,16-18H2,1-5H3,(H,32,34,38). The van der Waals surface area contributed by atoms with Gasteiger partial charge in [-0.3, -0.25) is 18.9 Å². The van der Waals surface area contributed by atoms with Crippen LogP contribution in [0, 0.1) is 12.3 Å². The van der Waals surface area contributed by atoms with Gasteiger partial charge in [0.1, 0.15) is 5.82 Å². The van der Waals surface area contributed by atoms with E-state index in [4.69, 9.17) is 9.26 Å². The van der Waals surface area contributed by atoms with Gasteiger partial charge < -0.3 is 4.74 Å². The number of H-pyrrole nitrogens is 1. The van der Waals surface area contributed by atoms with E-state index in [1.807, 2.05) is 60.0 Å². The number of rotatable bonds is 10. The molecule has 0 aliphatic rings. The zero-order chi connectivity index (χ0) is 28.4. The first-order valence-corrected chi connectivity index (χ1v) is 13.4. The lowest BCUT2D eigenvalue weighted by Crippen LogP contribution is -2.35. The molecule has 5 aromatic rings. The number of ether oxygens (including phenoxy) is 1. The number of aryl methyl sites for hydroxylation is 2. The van der Waals surface area contributed by atoms with Gasteiger partial charge in [0.25, 0.3) is 5.56 Å². The summed E-state index contributed by atoms with van der Waals surface area (Å²) in [4.78, 5) is 32.8. The predicted octanol–water partition coefficient (Wildman–Crippen LogP) is 4.43. The molecule has 0 spiro atoms. The van der Waals surface area contributed by atoms with Crippen molar-refractivity contribution in [3.05, 3.63) is 92.1 Å². The van der Waals surface area contributed by atoms with Crippen molar-refractivity contribution in [2.24, 2.45) is 5.41 Å². The van der Waals surface area contributed by atoms with Crippen LogP contribution in [0.4, 0.5) is 0 Å². The molecule has 40 heavy (non-hydrogen) atoms. The Balaban J connectivity index is 1.56. The van der Waals surface area contributed by atoms with Gasteiger partial charge in [0.05, 0.1) is 12.3 Å². The summed E-state index contributed by atoms with van der Waals surface area (Å²) in [5.74, 6) is 0.974. The molecule has 0 bridgehead atoms. The van der Waals surface area contributed by atoms with Gasteiger partial charge in [-0.15, -0.1) is 0 Å². The van der Waals surface area contributed by atoms with E-state index in [1.165, 1.54) is 0 Å². The third-order valence-corrected chi connectivity index (χ3v) is 6.92. The van der Waals surface area contributed by atoms with Crippen molar-refractivity contribution < 1.29 is 9.26 Å². The Hall–Kier alpha value is -4.31. The summed E-state index contributed by atoms with van der Waals surface area (Å²) in [5, 5.41) is 8.53. The Morgan fingerprint density at radius 2 is 1.77 bits per heavy atom. The van der Waals surface area contributed by atoms with Gasteiger partial charge in [0.15, 0.2) is 5.82 Å². The van der Waals surface area contributed by atoms with E-state index < -0.39 is 5.76 Å². The quantitative estimate of drug-likeness (QED) is 0.277. The zero-order valence-electron chi connectivity index (χ0n) is 23.5. The molecule has 3 heterocycles. The molecule has 208 valence electrons. The molecule has 0 radical (unpaired) electrons. The Labute approximate surface area is 231 Å². The average Bonchev–Trinajstić information content (AvgIpc) is 3.54. The molecule has 3 aromatic heterocycles. The molecule has 0 saturated heterocycles. The number of nitrogens with zero attached hydrogens (tertiary/aromatic N) is 5. The second-order valence-corrected chi connectivity index (χ2v) is 10.9. The number of nitrogens with one attached hydrogen (secondary N) is 1. The molecule has 5 rings (SSSR count). The van der Waals surface area contributed by atoms with Crippen LogP contribution in [0.5, 0.6) is 0 Å². The highest BCUT2D eigenvalue weighted by Crippen LogP contribution is 2.30. The number of aromatic nitrogens is 6. The Bertz CT molecular complexity index is 1760. The van der Waals surface area contributed by atoms with E-state index in [9.17, 15) is 9.59 Å². The van der Waals surface area contributed by atoms with Gasteiger partial charge in [-0.25, -0.2) is 9.31 Å². The first-order valence-electron chi connectivity index (χ1n) is 13.4. The molecule has 0 amide bonds. The smallest absolute Gasteiger partial charge is 0.384 e. The van der Waals surface area contributed by atoms with Crippen LogP contribution in [0.25, 0.3) is 28.3 Å². The molecule has 0 fully saturated rings. The normalized spacial score (nSPS) is 11.9. The van der Waals surface area contributed by atoms with Crippen molar-refractivity contribution in [3.63, 3.8) is 0 Å². The summed E-state index contributed by atoms with van der Waals surface area (Å²) in [7, 11) is 1.67. The lowest BCUT2D eigenvalue weighted by molar-refractivity contribution is 0.0916. The van der Waals surface area contributed by atoms with Crippen LogP contribution in [-0.4, -0.2) is 43.0 Å². The van der Waals surface area contributed by atoms with Crippen molar-refractivity contribution in [2.75, 3.05) is 13.7 Å². The fourth-order valence-corrected chi connectivity index (χ4v) is 5.24. The molecule has 0 atom stereocenters. The largest absolute Gasteiger partial charge is 0.439 e. The monoisotopic (exact) mass is 542 g/mol. The van der Waals surface area contributed by atoms with Gasteiger partial charge in [0.2, 0.25) is 5.78 Å². The lowest BCUT2D eigenvalue weighted by atomic mass is 9.94. The maximum absolute atomic E-state index is 14.1. The van der Waals surface area contributed by atoms with Crippen molar-refractivity contribution in [1.82, 2.24) is 29.3 Å². The second kappa shape index (κ2) is 11.1. The van der Waals surface area contributed by atoms with Gasteiger partial charge in [-0.1, -0.05) is 80.9 Å². The van der Waals surface area contributed by atoms with Crippen LogP contribution in [0.2, 0.25) is 0 Å². The highest BCUT2D eigenvalue weighted by atomic mass is 16.5. The van der Waals surface area contributed by atoms with Crippen LogP contribution < -0.4 is 11.3 Å². The number of aromatic amines is 1. The van der Waals surface area contributed by atoms with Gasteiger partial charge in [0, 0.05) is 36.6 Å². The SMILES string of the molecule is CCCc1c(Cc2ccc(-c3ccccc3-c3noc(=O)[nH]3)cc2)c(=O)n(CC(C)(C)COC)c2nc(C)nn12. The molecule has 0 aliphatic carbocycles. The minimum absolute atomic E-state index is 0.0445. The van der Waals surface area contributed by atoms with Crippen LogP contribution in [0.15, 0.2) is 62.6 Å². The zero-order valence-corrected chi connectivity index (χ0v) is 23.5. The van der Waals surface area contributed by atoms with Crippen molar-refractivity contribution in [2.45, 2.75) is 53.5 Å². The third-order valence-electron chi connectivity index (χ3n) is 6.92. The molecule has 1 N–H and O–H groups in total. The summed E-state index contributed by atoms with van der Waals surface area (Å²) in [5.41, 5.74) is 4.94. The van der Waals surface area contributed by atoms with E-state index in [0.717, 1.165) is 39.9 Å². The topological polar surface area (TPSA) is 120 Å². The van der Waals surface area contributed by atoms with Crippen LogP contribution >= 0.6 is 0 Å². The molecule has 0 unspecified atom stereocenters. The van der Waals surface area contributed by atoms with E-state index in [2.05, 4.69) is 41.0 Å². The van der Waals surface area contributed by atoms with Crippen LogP contribution in [-0.2, 0) is 24.1 Å². The molecule has 0 saturated carbocycles. The van der Waals surface area contributed by atoms with Gasteiger partial charge in [-0.2, -0.15) is 10.1 Å². The predicted molar refractivity (Wildman–Crippen MR) is 152 cm³/mol. The summed E-state index contributed by atoms with van der Waals surface area (Å²) >= 11 is 0. The van der Waals surface area contributed by atoms with E-state index in [0.29, 0.717) is 43.4 Å². The number of fused-ring (bicyclic) bond motifs is 1. The van der Waals surface area contributed by atoms with Crippen molar-refractivity contribution in [3.8, 4) is 22.5 Å². The van der Waals surface area contributed by atoms with Gasteiger partial charge >= 0.3 is 5.76 Å². The third kappa shape index (κ3) is 5.40. The minimum Gasteiger partial charge on any atom is -0.384 e. The Morgan fingerprint density at radius 3 is 2.42 bits per heavy atom. The molecule has 0 aliphatic heterocycles. The maximum Gasteiger partial charge on any atom is 0.439 e. The number of hydrogen-bond acceptors (Lipinski definition) is 7. The van der Waals surface area contributed by atoms with Crippen LogP contribution in [0.1, 0.15) is 49.8 Å². The van der Waals surface area contributed by atoms with Crippen molar-refractivity contribution >= 4 is 5.78 Å². The minimum atomic E-state index is -0.598.